The smallest absolute Gasteiger partial charge is 0.252 e. The fourth-order valence-electron chi connectivity index (χ4n) is 2.14. The van der Waals surface area contributed by atoms with E-state index in [0.29, 0.717) is 13.1 Å². The number of nitrogens with one attached hydrogen (secondary N) is 2. The minimum absolute atomic E-state index is 0.00495. The van der Waals surface area contributed by atoms with Crippen LogP contribution >= 0.6 is 0 Å². The van der Waals surface area contributed by atoms with Crippen LogP contribution in [0.5, 0.6) is 0 Å². The molecule has 1 aliphatic heterocycles. The van der Waals surface area contributed by atoms with E-state index >= 15 is 0 Å². The van der Waals surface area contributed by atoms with E-state index in [1.54, 1.807) is 6.07 Å². The van der Waals surface area contributed by atoms with Crippen molar-refractivity contribution in [3.8, 4) is 0 Å². The number of halogens is 2. The van der Waals surface area contributed by atoms with Gasteiger partial charge in [0.15, 0.2) is 11.6 Å². The zero-order valence-corrected chi connectivity index (χ0v) is 11.5. The standard InChI is InChI=1S/C13H11F2N3O2S/c14-9-11(21(19,20)8-4-2-1-3-5-8)10-13(18-12(9)15)17-7-6-16-10/h1-5,16H,6-7H2,(H,17,18). The summed E-state index contributed by atoms with van der Waals surface area (Å²) < 4.78 is 52.8. The first-order chi connectivity index (χ1) is 10.0. The van der Waals surface area contributed by atoms with Gasteiger partial charge in [-0.25, -0.2) is 12.8 Å². The topological polar surface area (TPSA) is 71.1 Å². The molecule has 0 saturated carbocycles. The van der Waals surface area contributed by atoms with Gasteiger partial charge in [0, 0.05) is 13.1 Å². The lowest BCUT2D eigenvalue weighted by Gasteiger charge is -2.22. The molecule has 1 aliphatic rings. The number of anilines is 2. The molecule has 2 N–H and O–H groups in total. The Morgan fingerprint density at radius 1 is 1.05 bits per heavy atom. The van der Waals surface area contributed by atoms with Gasteiger partial charge >= 0.3 is 0 Å². The van der Waals surface area contributed by atoms with Crippen molar-refractivity contribution in [1.82, 2.24) is 4.98 Å². The van der Waals surface area contributed by atoms with Crippen LogP contribution in [0, 0.1) is 11.8 Å². The molecule has 1 aromatic carbocycles. The molecule has 21 heavy (non-hydrogen) atoms. The highest BCUT2D eigenvalue weighted by atomic mass is 32.2. The summed E-state index contributed by atoms with van der Waals surface area (Å²) in [6, 6.07) is 7.32. The Bertz CT molecular complexity index is 795. The molecule has 0 fully saturated rings. The summed E-state index contributed by atoms with van der Waals surface area (Å²) in [7, 11) is -4.19. The third-order valence-corrected chi connectivity index (χ3v) is 4.91. The maximum absolute atomic E-state index is 14.1. The van der Waals surface area contributed by atoms with E-state index in [9.17, 15) is 17.2 Å². The number of sulfone groups is 1. The molecule has 0 saturated heterocycles. The summed E-state index contributed by atoms with van der Waals surface area (Å²) in [5.74, 6) is -2.93. The number of hydrogen-bond donors (Lipinski definition) is 2. The molecule has 2 heterocycles. The van der Waals surface area contributed by atoms with Crippen molar-refractivity contribution < 1.29 is 17.2 Å². The first kappa shape index (κ1) is 13.7. The van der Waals surface area contributed by atoms with Crippen LogP contribution < -0.4 is 10.6 Å². The zero-order chi connectivity index (χ0) is 15.0. The van der Waals surface area contributed by atoms with Gasteiger partial charge in [0.05, 0.1) is 10.6 Å². The Morgan fingerprint density at radius 3 is 2.43 bits per heavy atom. The third kappa shape index (κ3) is 2.21. The number of rotatable bonds is 2. The maximum Gasteiger partial charge on any atom is 0.252 e. The first-order valence-corrected chi connectivity index (χ1v) is 7.67. The average Bonchev–Trinajstić information content (AvgIpc) is 2.49. The van der Waals surface area contributed by atoms with Crippen LogP contribution in [0.15, 0.2) is 40.1 Å². The minimum Gasteiger partial charge on any atom is -0.379 e. The largest absolute Gasteiger partial charge is 0.379 e. The predicted molar refractivity (Wildman–Crippen MR) is 73.0 cm³/mol. The number of pyridine rings is 1. The number of nitrogens with zero attached hydrogens (tertiary/aromatic N) is 1. The lowest BCUT2D eigenvalue weighted by molar-refractivity contribution is 0.460. The Labute approximate surface area is 119 Å². The lowest BCUT2D eigenvalue weighted by atomic mass is 10.3. The van der Waals surface area contributed by atoms with Gasteiger partial charge < -0.3 is 10.6 Å². The van der Waals surface area contributed by atoms with Crippen molar-refractivity contribution in [2.75, 3.05) is 23.7 Å². The Balaban J connectivity index is 2.30. The third-order valence-electron chi connectivity index (χ3n) is 3.10. The second kappa shape index (κ2) is 4.96. The van der Waals surface area contributed by atoms with E-state index in [1.807, 2.05) is 0 Å². The van der Waals surface area contributed by atoms with Gasteiger partial charge in [-0.1, -0.05) is 18.2 Å². The monoisotopic (exact) mass is 311 g/mol. The van der Waals surface area contributed by atoms with Gasteiger partial charge in [0.1, 0.15) is 4.90 Å². The lowest BCUT2D eigenvalue weighted by Crippen LogP contribution is -2.25. The van der Waals surface area contributed by atoms with Gasteiger partial charge in [0.25, 0.3) is 5.95 Å². The molecule has 0 aliphatic carbocycles. The van der Waals surface area contributed by atoms with E-state index in [-0.39, 0.29) is 16.4 Å². The number of fused-ring (bicyclic) bond motifs is 1. The highest BCUT2D eigenvalue weighted by Crippen LogP contribution is 2.36. The van der Waals surface area contributed by atoms with E-state index in [2.05, 4.69) is 15.6 Å². The first-order valence-electron chi connectivity index (χ1n) is 6.18. The van der Waals surface area contributed by atoms with Crippen LogP contribution in [0.4, 0.5) is 20.3 Å². The summed E-state index contributed by atoms with van der Waals surface area (Å²) in [4.78, 5) is 2.57. The minimum atomic E-state index is -4.19. The normalized spacial score (nSPS) is 14.0. The molecule has 3 rings (SSSR count). The highest BCUT2D eigenvalue weighted by molar-refractivity contribution is 7.91. The number of aromatic nitrogens is 1. The van der Waals surface area contributed by atoms with Gasteiger partial charge in [0.2, 0.25) is 9.84 Å². The van der Waals surface area contributed by atoms with E-state index in [0.717, 1.165) is 0 Å². The van der Waals surface area contributed by atoms with Crippen LogP contribution in [0.25, 0.3) is 0 Å². The molecule has 0 radical (unpaired) electrons. The number of benzene rings is 1. The molecule has 5 nitrogen and oxygen atoms in total. The molecular formula is C13H11F2N3O2S. The van der Waals surface area contributed by atoms with Crippen molar-refractivity contribution in [3.63, 3.8) is 0 Å². The molecule has 0 bridgehead atoms. The Kier molecular flexibility index (Phi) is 3.25. The van der Waals surface area contributed by atoms with Crippen LogP contribution in [0.3, 0.4) is 0 Å². The van der Waals surface area contributed by atoms with Gasteiger partial charge in [-0.15, -0.1) is 0 Å². The molecule has 1 aromatic heterocycles. The Hall–Kier alpha value is -2.22. The summed E-state index contributed by atoms with van der Waals surface area (Å²) >= 11 is 0. The van der Waals surface area contributed by atoms with Crippen molar-refractivity contribution in [2.45, 2.75) is 9.79 Å². The summed E-state index contributed by atoms with van der Waals surface area (Å²) in [5.41, 5.74) is -0.0380. The van der Waals surface area contributed by atoms with Crippen molar-refractivity contribution in [3.05, 3.63) is 42.1 Å². The quantitative estimate of drug-likeness (QED) is 0.831. The number of hydrogen-bond acceptors (Lipinski definition) is 5. The predicted octanol–water partition coefficient (Wildman–Crippen LogP) is 2.03. The second-order valence-corrected chi connectivity index (χ2v) is 6.33. The van der Waals surface area contributed by atoms with Crippen molar-refractivity contribution >= 4 is 21.3 Å². The molecule has 0 amide bonds. The summed E-state index contributed by atoms with van der Waals surface area (Å²) in [6.07, 6.45) is 0. The molecule has 110 valence electrons. The molecule has 8 heteroatoms. The fourth-order valence-corrected chi connectivity index (χ4v) is 3.65. The highest BCUT2D eigenvalue weighted by Gasteiger charge is 2.32. The van der Waals surface area contributed by atoms with Crippen LogP contribution in [-0.2, 0) is 9.84 Å². The second-order valence-electron chi connectivity index (χ2n) is 4.44. The Morgan fingerprint density at radius 2 is 1.71 bits per heavy atom. The summed E-state index contributed by atoms with van der Waals surface area (Å²) in [5, 5.41) is 5.51. The van der Waals surface area contributed by atoms with E-state index in [1.165, 1.54) is 24.3 Å². The fraction of sp³-hybridized carbons (Fsp3) is 0.154. The molecule has 0 spiro atoms. The van der Waals surface area contributed by atoms with E-state index < -0.39 is 26.5 Å². The van der Waals surface area contributed by atoms with Gasteiger partial charge in [-0.2, -0.15) is 9.37 Å². The van der Waals surface area contributed by atoms with Crippen molar-refractivity contribution in [1.29, 1.82) is 0 Å². The van der Waals surface area contributed by atoms with Gasteiger partial charge in [-0.3, -0.25) is 0 Å². The van der Waals surface area contributed by atoms with Crippen molar-refractivity contribution in [2.24, 2.45) is 0 Å². The molecule has 2 aromatic rings. The molecule has 0 unspecified atom stereocenters. The zero-order valence-electron chi connectivity index (χ0n) is 10.7. The average molecular weight is 311 g/mol. The SMILES string of the molecule is O=S(=O)(c1ccccc1)c1c(F)c(F)nc2c1NCCN2. The van der Waals surface area contributed by atoms with E-state index in [4.69, 9.17) is 0 Å². The molecular weight excluding hydrogens is 300 g/mol. The van der Waals surface area contributed by atoms with Crippen LogP contribution in [0.1, 0.15) is 0 Å². The van der Waals surface area contributed by atoms with Crippen LogP contribution in [0.2, 0.25) is 0 Å². The van der Waals surface area contributed by atoms with Gasteiger partial charge in [-0.05, 0) is 12.1 Å². The maximum atomic E-state index is 14.1. The van der Waals surface area contributed by atoms with Crippen LogP contribution in [-0.4, -0.2) is 26.5 Å². The molecule has 0 atom stereocenters. The summed E-state index contributed by atoms with van der Waals surface area (Å²) in [6.45, 7) is 0.826.